The zero-order valence-electron chi connectivity index (χ0n) is 11.3. The van der Waals surface area contributed by atoms with E-state index >= 15 is 0 Å². The molecule has 0 aliphatic heterocycles. The zero-order valence-corrected chi connectivity index (χ0v) is 11.3. The highest BCUT2D eigenvalue weighted by molar-refractivity contribution is 5.77. The number of carboxylic acid groups (broad SMARTS) is 1. The molecule has 0 radical (unpaired) electrons. The lowest BCUT2D eigenvalue weighted by atomic mass is 10.1. The van der Waals surface area contributed by atoms with Gasteiger partial charge in [-0.3, -0.25) is 4.68 Å². The first-order chi connectivity index (χ1) is 9.01. The molecule has 0 saturated carbocycles. The molecule has 0 bridgehead atoms. The van der Waals surface area contributed by atoms with Crippen LogP contribution in [0.3, 0.4) is 0 Å². The number of aliphatic carboxylic acids is 1. The van der Waals surface area contributed by atoms with E-state index in [0.29, 0.717) is 36.5 Å². The van der Waals surface area contributed by atoms with Gasteiger partial charge in [-0.05, 0) is 19.8 Å². The van der Waals surface area contributed by atoms with E-state index in [2.05, 4.69) is 10.4 Å². The minimum atomic E-state index is -0.959. The van der Waals surface area contributed by atoms with Gasteiger partial charge in [-0.15, -0.1) is 0 Å². The maximum atomic E-state index is 11.2. The fraction of sp³-hybridized carbons (Fsp3) is 0.583. The normalized spacial score (nSPS) is 11.9. The molecule has 1 aromatic heterocycles. The lowest BCUT2D eigenvalue weighted by Gasteiger charge is -2.15. The molecule has 0 aromatic carbocycles. The Morgan fingerprint density at radius 2 is 2.37 bits per heavy atom. The van der Waals surface area contributed by atoms with Crippen molar-refractivity contribution in [2.24, 2.45) is 7.05 Å². The van der Waals surface area contributed by atoms with Crippen LogP contribution in [0.5, 0.6) is 0 Å². The van der Waals surface area contributed by atoms with E-state index in [9.17, 15) is 9.90 Å². The van der Waals surface area contributed by atoms with E-state index in [-0.39, 0.29) is 0 Å². The fourth-order valence-corrected chi connectivity index (χ4v) is 1.81. The molecule has 7 nitrogen and oxygen atoms in total. The van der Waals surface area contributed by atoms with Gasteiger partial charge < -0.3 is 15.2 Å². The maximum absolute atomic E-state index is 11.2. The molecule has 1 unspecified atom stereocenters. The number of carbonyl (C=O) groups is 1. The summed E-state index contributed by atoms with van der Waals surface area (Å²) >= 11 is 0. The molecule has 1 rings (SSSR count). The molecule has 7 heteroatoms. The summed E-state index contributed by atoms with van der Waals surface area (Å²) in [6, 6.07) is 1.27. The third-order valence-corrected chi connectivity index (χ3v) is 2.78. The summed E-state index contributed by atoms with van der Waals surface area (Å²) in [6.45, 7) is 2.21. The van der Waals surface area contributed by atoms with Crippen molar-refractivity contribution in [1.29, 1.82) is 5.26 Å². The van der Waals surface area contributed by atoms with E-state index in [1.165, 1.54) is 4.68 Å². The molecule has 0 saturated heterocycles. The monoisotopic (exact) mass is 266 g/mol. The number of nitrogens with one attached hydrogen (secondary N) is 1. The number of aryl methyl sites for hydroxylation is 2. The van der Waals surface area contributed by atoms with Gasteiger partial charge in [-0.1, -0.05) is 0 Å². The summed E-state index contributed by atoms with van der Waals surface area (Å²) in [4.78, 5) is 11.2. The Hall–Kier alpha value is -2.07. The molecule has 0 amide bonds. The molecular formula is C12H18N4O3. The molecule has 19 heavy (non-hydrogen) atoms. The number of rotatable bonds is 7. The van der Waals surface area contributed by atoms with Crippen LogP contribution in [-0.2, 0) is 16.6 Å². The number of anilines is 1. The Balaban J connectivity index is 2.85. The number of aromatic nitrogens is 2. The smallest absolute Gasteiger partial charge is 0.326 e. The van der Waals surface area contributed by atoms with Crippen molar-refractivity contribution in [3.8, 4) is 6.07 Å². The first kappa shape index (κ1) is 15.0. The molecule has 1 heterocycles. The van der Waals surface area contributed by atoms with Gasteiger partial charge in [0, 0.05) is 20.8 Å². The van der Waals surface area contributed by atoms with Crippen LogP contribution in [0.2, 0.25) is 0 Å². The minimum absolute atomic E-state index is 0.375. The average Bonchev–Trinajstić information content (AvgIpc) is 2.62. The quantitative estimate of drug-likeness (QED) is 0.711. The molecule has 0 spiro atoms. The average molecular weight is 266 g/mol. The second-order valence-electron chi connectivity index (χ2n) is 4.21. The van der Waals surface area contributed by atoms with Crippen LogP contribution in [0.15, 0.2) is 0 Å². The SMILES string of the molecule is COCCCC(Nc1c(C#N)c(C)nn1C)C(=O)O. The number of hydrogen-bond acceptors (Lipinski definition) is 5. The number of hydrogen-bond donors (Lipinski definition) is 2. The molecule has 104 valence electrons. The topological polar surface area (TPSA) is 100 Å². The lowest BCUT2D eigenvalue weighted by Crippen LogP contribution is -2.30. The van der Waals surface area contributed by atoms with E-state index in [0.717, 1.165) is 0 Å². The second kappa shape index (κ2) is 6.75. The van der Waals surface area contributed by atoms with Crippen molar-refractivity contribution < 1.29 is 14.6 Å². The van der Waals surface area contributed by atoms with Crippen molar-refractivity contribution in [3.63, 3.8) is 0 Å². The maximum Gasteiger partial charge on any atom is 0.326 e. The van der Waals surface area contributed by atoms with Crippen molar-refractivity contribution in [3.05, 3.63) is 11.3 Å². The van der Waals surface area contributed by atoms with Crippen LogP contribution < -0.4 is 5.32 Å². The number of nitrogens with zero attached hydrogens (tertiary/aromatic N) is 3. The second-order valence-corrected chi connectivity index (χ2v) is 4.21. The molecular weight excluding hydrogens is 248 g/mol. The van der Waals surface area contributed by atoms with Gasteiger partial charge in [0.2, 0.25) is 0 Å². The number of methoxy groups -OCH3 is 1. The standard InChI is InChI=1S/C12H18N4O3/c1-8-9(7-13)11(16(2)15-8)14-10(12(17)18)5-4-6-19-3/h10,14H,4-6H2,1-3H3,(H,17,18). The molecule has 0 fully saturated rings. The third-order valence-electron chi connectivity index (χ3n) is 2.78. The first-order valence-corrected chi connectivity index (χ1v) is 5.93. The largest absolute Gasteiger partial charge is 0.480 e. The van der Waals surface area contributed by atoms with E-state index < -0.39 is 12.0 Å². The summed E-state index contributed by atoms with van der Waals surface area (Å²) in [7, 11) is 3.24. The van der Waals surface area contributed by atoms with Crippen molar-refractivity contribution in [2.45, 2.75) is 25.8 Å². The molecule has 2 N–H and O–H groups in total. The van der Waals surface area contributed by atoms with Crippen molar-refractivity contribution >= 4 is 11.8 Å². The minimum Gasteiger partial charge on any atom is -0.480 e. The molecule has 1 atom stereocenters. The van der Waals surface area contributed by atoms with Crippen molar-refractivity contribution in [1.82, 2.24) is 9.78 Å². The van der Waals surface area contributed by atoms with Gasteiger partial charge >= 0.3 is 5.97 Å². The van der Waals surface area contributed by atoms with Gasteiger partial charge in [0.05, 0.1) is 5.69 Å². The highest BCUT2D eigenvalue weighted by Gasteiger charge is 2.21. The summed E-state index contributed by atoms with van der Waals surface area (Å²) in [5.41, 5.74) is 0.953. The Morgan fingerprint density at radius 3 is 2.89 bits per heavy atom. The van der Waals surface area contributed by atoms with Crippen molar-refractivity contribution in [2.75, 3.05) is 19.0 Å². The van der Waals surface area contributed by atoms with Crippen LogP contribution in [0.4, 0.5) is 5.82 Å². The van der Waals surface area contributed by atoms with Gasteiger partial charge in [0.1, 0.15) is 23.5 Å². The van der Waals surface area contributed by atoms with Gasteiger partial charge in [-0.2, -0.15) is 10.4 Å². The van der Waals surface area contributed by atoms with Gasteiger partial charge in [-0.25, -0.2) is 4.79 Å². The Labute approximate surface area is 111 Å². The molecule has 0 aliphatic rings. The molecule has 1 aromatic rings. The van der Waals surface area contributed by atoms with Crippen LogP contribution in [0.25, 0.3) is 0 Å². The zero-order chi connectivity index (χ0) is 14.4. The Kier molecular flexibility index (Phi) is 5.33. The molecule has 0 aliphatic carbocycles. The van der Waals surface area contributed by atoms with E-state index in [1.54, 1.807) is 21.1 Å². The summed E-state index contributed by atoms with van der Waals surface area (Å²) in [5.74, 6) is -0.524. The fourth-order valence-electron chi connectivity index (χ4n) is 1.81. The van der Waals surface area contributed by atoms with E-state index in [4.69, 9.17) is 10.00 Å². The Morgan fingerprint density at radius 1 is 1.68 bits per heavy atom. The summed E-state index contributed by atoms with van der Waals surface area (Å²) in [5, 5.41) is 25.2. The number of ether oxygens (including phenoxy) is 1. The van der Waals surface area contributed by atoms with Crippen LogP contribution in [-0.4, -0.2) is 40.6 Å². The predicted molar refractivity (Wildman–Crippen MR) is 68.8 cm³/mol. The first-order valence-electron chi connectivity index (χ1n) is 5.93. The Bertz CT molecular complexity index is 490. The lowest BCUT2D eigenvalue weighted by molar-refractivity contribution is -0.138. The van der Waals surface area contributed by atoms with Crippen LogP contribution in [0, 0.1) is 18.3 Å². The highest BCUT2D eigenvalue weighted by Crippen LogP contribution is 2.19. The highest BCUT2D eigenvalue weighted by atomic mass is 16.5. The van der Waals surface area contributed by atoms with Gasteiger partial charge in [0.25, 0.3) is 0 Å². The predicted octanol–water partition coefficient (Wildman–Crippen LogP) is 0.892. The van der Waals surface area contributed by atoms with E-state index in [1.807, 2.05) is 6.07 Å². The van der Waals surface area contributed by atoms with Crippen LogP contribution in [0.1, 0.15) is 24.1 Å². The summed E-state index contributed by atoms with van der Waals surface area (Å²) in [6.07, 6.45) is 1.04. The third kappa shape index (κ3) is 3.69. The van der Waals surface area contributed by atoms with Crippen LogP contribution >= 0.6 is 0 Å². The number of carboxylic acids is 1. The number of nitriles is 1. The van der Waals surface area contributed by atoms with Gasteiger partial charge in [0.15, 0.2) is 0 Å². The summed E-state index contributed by atoms with van der Waals surface area (Å²) < 4.78 is 6.39.